The van der Waals surface area contributed by atoms with E-state index in [4.69, 9.17) is 10.5 Å². The van der Waals surface area contributed by atoms with Crippen molar-refractivity contribution in [1.29, 1.82) is 0 Å². The Balaban J connectivity index is 1.28. The van der Waals surface area contributed by atoms with Gasteiger partial charge in [0.2, 0.25) is 5.91 Å². The highest BCUT2D eigenvalue weighted by Crippen LogP contribution is 2.44. The summed E-state index contributed by atoms with van der Waals surface area (Å²) >= 11 is 0. The van der Waals surface area contributed by atoms with E-state index in [9.17, 15) is 9.90 Å². The lowest BCUT2D eigenvalue weighted by Gasteiger charge is -2.51. The SMILES string of the molecule is C[C@@]1(O)CC2(CCN(C(=O)[C@H]3CCCNC3)CC2)OC[C@H]1n1cnc2c(N)ncnc21. The molecule has 0 unspecified atom stereocenters. The Morgan fingerprint density at radius 3 is 2.84 bits per heavy atom. The van der Waals surface area contributed by atoms with Crippen molar-refractivity contribution in [2.24, 2.45) is 5.92 Å². The van der Waals surface area contributed by atoms with E-state index in [2.05, 4.69) is 20.3 Å². The molecule has 31 heavy (non-hydrogen) atoms. The number of nitrogens with two attached hydrogens (primary N) is 1. The highest BCUT2D eigenvalue weighted by molar-refractivity contribution is 5.81. The number of aliphatic hydroxyl groups is 1. The zero-order valence-electron chi connectivity index (χ0n) is 18.0. The molecule has 0 aromatic carbocycles. The summed E-state index contributed by atoms with van der Waals surface area (Å²) in [7, 11) is 0. The number of ether oxygens (including phenoxy) is 1. The number of nitrogens with one attached hydrogen (secondary N) is 1. The van der Waals surface area contributed by atoms with E-state index in [1.54, 1.807) is 6.33 Å². The summed E-state index contributed by atoms with van der Waals surface area (Å²) in [6.07, 6.45) is 7.05. The van der Waals surface area contributed by atoms with Gasteiger partial charge in [0.1, 0.15) is 11.8 Å². The van der Waals surface area contributed by atoms with Crippen molar-refractivity contribution in [2.45, 2.75) is 56.3 Å². The van der Waals surface area contributed by atoms with Crippen LogP contribution in [0, 0.1) is 5.92 Å². The highest BCUT2D eigenvalue weighted by atomic mass is 16.5. The number of hydrogen-bond donors (Lipinski definition) is 3. The Morgan fingerprint density at radius 2 is 2.13 bits per heavy atom. The molecule has 0 aliphatic carbocycles. The molecule has 4 N–H and O–H groups in total. The zero-order chi connectivity index (χ0) is 21.6. The Labute approximate surface area is 181 Å². The molecule has 0 saturated carbocycles. The molecule has 0 bridgehead atoms. The molecule has 10 nitrogen and oxygen atoms in total. The third-order valence-electron chi connectivity index (χ3n) is 7.30. The highest BCUT2D eigenvalue weighted by Gasteiger charge is 2.50. The number of imidazole rings is 1. The van der Waals surface area contributed by atoms with Gasteiger partial charge in [-0.15, -0.1) is 0 Å². The van der Waals surface area contributed by atoms with Crippen LogP contribution in [0.4, 0.5) is 5.82 Å². The van der Waals surface area contributed by atoms with Crippen LogP contribution in [0.15, 0.2) is 12.7 Å². The van der Waals surface area contributed by atoms with E-state index in [1.165, 1.54) is 6.33 Å². The first kappa shape index (κ1) is 20.6. The smallest absolute Gasteiger partial charge is 0.226 e. The van der Waals surface area contributed by atoms with Crippen molar-refractivity contribution in [2.75, 3.05) is 38.5 Å². The van der Waals surface area contributed by atoms with Crippen LogP contribution in [0.2, 0.25) is 0 Å². The second-order valence-corrected chi connectivity index (χ2v) is 9.50. The van der Waals surface area contributed by atoms with Crippen LogP contribution >= 0.6 is 0 Å². The van der Waals surface area contributed by atoms with Crippen molar-refractivity contribution >= 4 is 22.9 Å². The summed E-state index contributed by atoms with van der Waals surface area (Å²) in [5.74, 6) is 0.665. The van der Waals surface area contributed by atoms with Crippen LogP contribution in [0.3, 0.4) is 0 Å². The minimum Gasteiger partial charge on any atom is -0.388 e. The monoisotopic (exact) mass is 429 g/mol. The van der Waals surface area contributed by atoms with Gasteiger partial charge in [0.15, 0.2) is 11.5 Å². The van der Waals surface area contributed by atoms with Gasteiger partial charge >= 0.3 is 0 Å². The second-order valence-electron chi connectivity index (χ2n) is 9.50. The maximum atomic E-state index is 12.9. The van der Waals surface area contributed by atoms with Crippen molar-refractivity contribution in [3.63, 3.8) is 0 Å². The minimum atomic E-state index is -1.01. The van der Waals surface area contributed by atoms with E-state index in [0.29, 0.717) is 43.1 Å². The molecule has 10 heteroatoms. The van der Waals surface area contributed by atoms with E-state index >= 15 is 0 Å². The van der Waals surface area contributed by atoms with Gasteiger partial charge < -0.3 is 30.4 Å². The molecule has 3 fully saturated rings. The maximum Gasteiger partial charge on any atom is 0.226 e. The van der Waals surface area contributed by atoms with Gasteiger partial charge in [-0.3, -0.25) is 4.79 Å². The van der Waals surface area contributed by atoms with Gasteiger partial charge in [-0.25, -0.2) is 15.0 Å². The summed E-state index contributed by atoms with van der Waals surface area (Å²) in [4.78, 5) is 27.5. The number of amides is 1. The van der Waals surface area contributed by atoms with Crippen LogP contribution in [0.25, 0.3) is 11.2 Å². The molecule has 2 aromatic rings. The quantitative estimate of drug-likeness (QED) is 0.628. The average Bonchev–Trinajstić information content (AvgIpc) is 3.19. The molecule has 3 aliphatic rings. The van der Waals surface area contributed by atoms with E-state index in [1.807, 2.05) is 16.4 Å². The standard InChI is InChI=1S/C21H31N7O3/c1-20(30)11-21(4-7-27(8-5-21)19(29)14-3-2-6-23-9-14)31-10-15(20)28-13-26-16-17(22)24-12-25-18(16)28/h12-15,23,30H,2-11H2,1H3,(H2,22,24,25)/t14-,15+,20+/m0/s1. The van der Waals surface area contributed by atoms with Gasteiger partial charge in [-0.1, -0.05) is 0 Å². The first-order chi connectivity index (χ1) is 14.9. The third kappa shape index (κ3) is 3.66. The molecule has 2 aromatic heterocycles. The molecular weight excluding hydrogens is 398 g/mol. The Morgan fingerprint density at radius 1 is 1.32 bits per heavy atom. The largest absolute Gasteiger partial charge is 0.388 e. The van der Waals surface area contributed by atoms with E-state index in [-0.39, 0.29) is 17.9 Å². The lowest BCUT2D eigenvalue weighted by Crippen LogP contribution is -2.58. The maximum absolute atomic E-state index is 12.9. The van der Waals surface area contributed by atoms with Gasteiger partial charge in [0.05, 0.1) is 36.1 Å². The topological polar surface area (TPSA) is 131 Å². The summed E-state index contributed by atoms with van der Waals surface area (Å²) in [6, 6.07) is -0.328. The van der Waals surface area contributed by atoms with Crippen LogP contribution in [-0.2, 0) is 9.53 Å². The van der Waals surface area contributed by atoms with Crippen LogP contribution in [0.1, 0.15) is 45.1 Å². The molecule has 0 radical (unpaired) electrons. The van der Waals surface area contributed by atoms with Crippen LogP contribution in [0.5, 0.6) is 0 Å². The van der Waals surface area contributed by atoms with Crippen molar-refractivity contribution in [1.82, 2.24) is 29.7 Å². The lowest BCUT2D eigenvalue weighted by molar-refractivity contribution is -0.197. The van der Waals surface area contributed by atoms with Crippen LogP contribution in [-0.4, -0.2) is 79.4 Å². The molecule has 3 atom stereocenters. The van der Waals surface area contributed by atoms with E-state index in [0.717, 1.165) is 38.8 Å². The lowest BCUT2D eigenvalue weighted by atomic mass is 9.75. The van der Waals surface area contributed by atoms with Crippen molar-refractivity contribution in [3.05, 3.63) is 12.7 Å². The predicted octanol–water partition coefficient (Wildman–Crippen LogP) is 0.482. The molecule has 168 valence electrons. The number of carbonyl (C=O) groups excluding carboxylic acids is 1. The molecular formula is C21H31N7O3. The minimum absolute atomic E-state index is 0.0894. The fourth-order valence-corrected chi connectivity index (χ4v) is 5.51. The normalized spacial score (nSPS) is 31.2. The summed E-state index contributed by atoms with van der Waals surface area (Å²) in [6.45, 7) is 5.33. The third-order valence-corrected chi connectivity index (χ3v) is 7.30. The second kappa shape index (κ2) is 7.68. The van der Waals surface area contributed by atoms with Gasteiger partial charge in [0, 0.05) is 26.1 Å². The fraction of sp³-hybridized carbons (Fsp3) is 0.714. The zero-order valence-corrected chi connectivity index (χ0v) is 18.0. The first-order valence-corrected chi connectivity index (χ1v) is 11.2. The van der Waals surface area contributed by atoms with Crippen molar-refractivity contribution < 1.29 is 14.6 Å². The fourth-order valence-electron chi connectivity index (χ4n) is 5.51. The number of carbonyl (C=O) groups is 1. The van der Waals surface area contributed by atoms with Gasteiger partial charge in [0.25, 0.3) is 0 Å². The van der Waals surface area contributed by atoms with Gasteiger partial charge in [-0.2, -0.15) is 0 Å². The number of nitrogen functional groups attached to an aromatic ring is 1. The Bertz CT molecular complexity index is 961. The first-order valence-electron chi connectivity index (χ1n) is 11.2. The van der Waals surface area contributed by atoms with Crippen molar-refractivity contribution in [3.8, 4) is 0 Å². The summed E-state index contributed by atoms with van der Waals surface area (Å²) in [5.41, 5.74) is 5.62. The number of piperidine rings is 2. The number of rotatable bonds is 2. The number of anilines is 1. The van der Waals surface area contributed by atoms with Gasteiger partial charge in [-0.05, 0) is 39.2 Å². The molecule has 5 rings (SSSR count). The van der Waals surface area contributed by atoms with E-state index < -0.39 is 11.2 Å². The number of likely N-dealkylation sites (tertiary alicyclic amines) is 1. The summed E-state index contributed by atoms with van der Waals surface area (Å²) in [5, 5.41) is 14.8. The molecule has 3 aliphatic heterocycles. The molecule has 1 spiro atoms. The number of fused-ring (bicyclic) bond motifs is 1. The number of aromatic nitrogens is 4. The average molecular weight is 430 g/mol. The Hall–Kier alpha value is -2.30. The predicted molar refractivity (Wildman–Crippen MR) is 114 cm³/mol. The Kier molecular flexibility index (Phi) is 5.10. The molecule has 5 heterocycles. The number of nitrogens with zero attached hydrogens (tertiary/aromatic N) is 5. The number of hydrogen-bond acceptors (Lipinski definition) is 8. The molecule has 3 saturated heterocycles. The van der Waals surface area contributed by atoms with Crippen LogP contribution < -0.4 is 11.1 Å². The summed E-state index contributed by atoms with van der Waals surface area (Å²) < 4.78 is 8.24. The molecule has 1 amide bonds.